The molecule has 1 unspecified atom stereocenters. The van der Waals surface area contributed by atoms with Crippen LogP contribution in [0.15, 0.2) is 53.7 Å². The number of thioether (sulfide) groups is 1. The third kappa shape index (κ3) is 2.96. The summed E-state index contributed by atoms with van der Waals surface area (Å²) < 4.78 is 3.21. The summed E-state index contributed by atoms with van der Waals surface area (Å²) in [5.74, 6) is 0.115. The van der Waals surface area contributed by atoms with E-state index in [1.54, 1.807) is 11.3 Å². The Bertz CT molecular complexity index is 1050. The second-order valence-electron chi connectivity index (χ2n) is 5.85. The topological polar surface area (TPSA) is 47.3 Å². The van der Waals surface area contributed by atoms with Gasteiger partial charge in [-0.25, -0.2) is 0 Å². The van der Waals surface area contributed by atoms with E-state index in [4.69, 9.17) is 0 Å². The predicted octanol–water partition coefficient (Wildman–Crippen LogP) is 4.87. The molecule has 126 valence electrons. The Hall–Kier alpha value is -2.18. The van der Waals surface area contributed by atoms with Gasteiger partial charge in [0.2, 0.25) is 4.96 Å². The summed E-state index contributed by atoms with van der Waals surface area (Å²) in [6.45, 7) is 4.04. The van der Waals surface area contributed by atoms with E-state index in [1.807, 2.05) is 47.7 Å². The number of aromatic nitrogens is 3. The number of thiazole rings is 1. The number of para-hydroxylation sites is 1. The molecule has 4 aromatic rings. The Balaban J connectivity index is 1.62. The van der Waals surface area contributed by atoms with Crippen molar-refractivity contribution in [3.05, 3.63) is 59.7 Å². The third-order valence-corrected chi connectivity index (χ3v) is 6.26. The predicted molar refractivity (Wildman–Crippen MR) is 104 cm³/mol. The lowest BCUT2D eigenvalue weighted by atomic mass is 10.1. The Labute approximate surface area is 153 Å². The molecule has 0 bridgehead atoms. The first-order chi connectivity index (χ1) is 12.2. The zero-order chi connectivity index (χ0) is 17.4. The summed E-state index contributed by atoms with van der Waals surface area (Å²) in [5.41, 5.74) is 3.07. The van der Waals surface area contributed by atoms with Crippen molar-refractivity contribution in [3.8, 4) is 0 Å². The number of carbonyl (C=O) groups excluding carboxylic acids is 1. The molecule has 2 heterocycles. The van der Waals surface area contributed by atoms with Crippen LogP contribution in [-0.4, -0.2) is 25.6 Å². The number of aryl methyl sites for hydroxylation is 1. The smallest absolute Gasteiger partial charge is 0.217 e. The van der Waals surface area contributed by atoms with Gasteiger partial charge in [-0.3, -0.25) is 9.20 Å². The molecule has 0 saturated heterocycles. The zero-order valence-corrected chi connectivity index (χ0v) is 15.6. The fourth-order valence-electron chi connectivity index (χ4n) is 2.78. The summed E-state index contributed by atoms with van der Waals surface area (Å²) in [4.78, 5) is 13.6. The van der Waals surface area contributed by atoms with Crippen molar-refractivity contribution in [1.82, 2.24) is 14.6 Å². The highest BCUT2D eigenvalue weighted by Gasteiger charge is 2.21. The highest BCUT2D eigenvalue weighted by Crippen LogP contribution is 2.31. The van der Waals surface area contributed by atoms with E-state index >= 15 is 0 Å². The SMILES string of the molecule is CCc1ccc(C(=O)C(C)Sc2nnc3sc4ccccc4n23)cc1. The van der Waals surface area contributed by atoms with Gasteiger partial charge in [-0.05, 0) is 31.0 Å². The average Bonchev–Trinajstić information content (AvgIpc) is 3.21. The van der Waals surface area contributed by atoms with Crippen molar-refractivity contribution in [1.29, 1.82) is 0 Å². The van der Waals surface area contributed by atoms with Crippen LogP contribution in [0.5, 0.6) is 0 Å². The van der Waals surface area contributed by atoms with E-state index in [1.165, 1.54) is 22.0 Å². The van der Waals surface area contributed by atoms with Crippen molar-refractivity contribution >= 4 is 44.1 Å². The molecule has 4 nitrogen and oxygen atoms in total. The molecule has 0 fully saturated rings. The number of benzene rings is 2. The molecular weight excluding hydrogens is 350 g/mol. The lowest BCUT2D eigenvalue weighted by molar-refractivity contribution is 0.0994. The minimum atomic E-state index is -0.224. The van der Waals surface area contributed by atoms with Crippen LogP contribution in [0.2, 0.25) is 0 Å². The van der Waals surface area contributed by atoms with Crippen LogP contribution in [0.3, 0.4) is 0 Å². The molecule has 0 amide bonds. The standard InChI is InChI=1S/C19H17N3OS2/c1-3-13-8-10-14(11-9-13)17(23)12(2)24-18-20-21-19-22(18)15-6-4-5-7-16(15)25-19/h4-12H,3H2,1-2H3. The summed E-state index contributed by atoms with van der Waals surface area (Å²) in [5, 5.41) is 9.08. The van der Waals surface area contributed by atoms with E-state index < -0.39 is 0 Å². The van der Waals surface area contributed by atoms with E-state index in [0.717, 1.165) is 27.6 Å². The Morgan fingerprint density at radius 3 is 2.68 bits per heavy atom. The normalized spacial score (nSPS) is 12.7. The highest BCUT2D eigenvalue weighted by atomic mass is 32.2. The first kappa shape index (κ1) is 16.3. The van der Waals surface area contributed by atoms with Gasteiger partial charge >= 0.3 is 0 Å². The Morgan fingerprint density at radius 2 is 1.92 bits per heavy atom. The summed E-state index contributed by atoms with van der Waals surface area (Å²) >= 11 is 3.07. The second-order valence-corrected chi connectivity index (χ2v) is 8.16. The lowest BCUT2D eigenvalue weighted by Gasteiger charge is -2.09. The highest BCUT2D eigenvalue weighted by molar-refractivity contribution is 8.00. The Kier molecular flexibility index (Phi) is 4.31. The number of hydrogen-bond acceptors (Lipinski definition) is 5. The van der Waals surface area contributed by atoms with Crippen molar-refractivity contribution < 1.29 is 4.79 Å². The third-order valence-electron chi connectivity index (χ3n) is 4.21. The summed E-state index contributed by atoms with van der Waals surface area (Å²) in [7, 11) is 0. The maximum atomic E-state index is 12.7. The largest absolute Gasteiger partial charge is 0.293 e. The van der Waals surface area contributed by atoms with Crippen LogP contribution in [-0.2, 0) is 6.42 Å². The minimum absolute atomic E-state index is 0.115. The molecule has 0 aliphatic carbocycles. The van der Waals surface area contributed by atoms with Gasteiger partial charge in [-0.15, -0.1) is 10.2 Å². The molecular formula is C19H17N3OS2. The molecule has 4 rings (SSSR count). The molecule has 0 aliphatic rings. The second kappa shape index (κ2) is 6.61. The van der Waals surface area contributed by atoms with E-state index in [2.05, 4.69) is 29.3 Å². The van der Waals surface area contributed by atoms with Crippen molar-refractivity contribution in [2.24, 2.45) is 0 Å². The summed E-state index contributed by atoms with van der Waals surface area (Å²) in [6, 6.07) is 16.0. The summed E-state index contributed by atoms with van der Waals surface area (Å²) in [6.07, 6.45) is 0.974. The number of ketones is 1. The van der Waals surface area contributed by atoms with E-state index in [0.29, 0.717) is 0 Å². The van der Waals surface area contributed by atoms with Gasteiger partial charge in [0.25, 0.3) is 0 Å². The van der Waals surface area contributed by atoms with Crippen LogP contribution in [0.25, 0.3) is 15.2 Å². The lowest BCUT2D eigenvalue weighted by Crippen LogP contribution is -2.14. The number of fused-ring (bicyclic) bond motifs is 3. The van der Waals surface area contributed by atoms with Crippen LogP contribution < -0.4 is 0 Å². The number of hydrogen-bond donors (Lipinski definition) is 0. The number of Topliss-reactive ketones (excluding diaryl/α,β-unsaturated/α-hetero) is 1. The molecule has 1 atom stereocenters. The molecule has 25 heavy (non-hydrogen) atoms. The van der Waals surface area contributed by atoms with Gasteiger partial charge in [-0.2, -0.15) is 0 Å². The van der Waals surface area contributed by atoms with Crippen LogP contribution in [0, 0.1) is 0 Å². The molecule has 0 N–H and O–H groups in total. The van der Waals surface area contributed by atoms with Crippen molar-refractivity contribution in [2.45, 2.75) is 30.7 Å². The van der Waals surface area contributed by atoms with Crippen LogP contribution in [0.4, 0.5) is 0 Å². The fourth-order valence-corrected chi connectivity index (χ4v) is 4.74. The molecule has 6 heteroatoms. The van der Waals surface area contributed by atoms with Crippen molar-refractivity contribution in [3.63, 3.8) is 0 Å². The quantitative estimate of drug-likeness (QED) is 0.373. The van der Waals surface area contributed by atoms with E-state index in [-0.39, 0.29) is 11.0 Å². The van der Waals surface area contributed by atoms with Gasteiger partial charge in [0, 0.05) is 5.56 Å². The van der Waals surface area contributed by atoms with Crippen LogP contribution in [0.1, 0.15) is 29.8 Å². The van der Waals surface area contributed by atoms with Gasteiger partial charge in [0.15, 0.2) is 10.9 Å². The first-order valence-electron chi connectivity index (χ1n) is 8.20. The molecule has 0 saturated carbocycles. The number of nitrogens with zero attached hydrogens (tertiary/aromatic N) is 3. The van der Waals surface area contributed by atoms with Gasteiger partial charge in [0.1, 0.15) is 0 Å². The van der Waals surface area contributed by atoms with E-state index in [9.17, 15) is 4.79 Å². The number of carbonyl (C=O) groups is 1. The average molecular weight is 367 g/mol. The van der Waals surface area contributed by atoms with Gasteiger partial charge in [-0.1, -0.05) is 66.4 Å². The molecule has 0 aliphatic heterocycles. The monoisotopic (exact) mass is 367 g/mol. The molecule has 0 spiro atoms. The van der Waals surface area contributed by atoms with Crippen LogP contribution >= 0.6 is 23.1 Å². The Morgan fingerprint density at radius 1 is 1.16 bits per heavy atom. The van der Waals surface area contributed by atoms with Gasteiger partial charge in [0.05, 0.1) is 15.5 Å². The number of rotatable bonds is 5. The minimum Gasteiger partial charge on any atom is -0.293 e. The maximum Gasteiger partial charge on any atom is 0.217 e. The first-order valence-corrected chi connectivity index (χ1v) is 9.89. The molecule has 2 aromatic heterocycles. The fraction of sp³-hybridized carbons (Fsp3) is 0.211. The zero-order valence-electron chi connectivity index (χ0n) is 14.0. The van der Waals surface area contributed by atoms with Gasteiger partial charge < -0.3 is 0 Å². The molecule has 0 radical (unpaired) electrons. The van der Waals surface area contributed by atoms with Crippen molar-refractivity contribution in [2.75, 3.05) is 0 Å². The molecule has 2 aromatic carbocycles. The maximum absolute atomic E-state index is 12.7.